The van der Waals surface area contributed by atoms with Gasteiger partial charge in [0.1, 0.15) is 11.9 Å². The van der Waals surface area contributed by atoms with Crippen LogP contribution in [0.1, 0.15) is 20.3 Å². The van der Waals surface area contributed by atoms with Crippen LogP contribution in [-0.4, -0.2) is 44.4 Å². The number of nitrogens with zero attached hydrogens (tertiary/aromatic N) is 6. The summed E-state index contributed by atoms with van der Waals surface area (Å²) >= 11 is 0. The normalized spacial score (nSPS) is 22.1. The lowest BCUT2D eigenvalue weighted by Gasteiger charge is -2.54. The lowest BCUT2D eigenvalue weighted by molar-refractivity contribution is -0.0418. The average molecular weight is 324 g/mol. The van der Waals surface area contributed by atoms with Crippen LogP contribution in [0.3, 0.4) is 0 Å². The van der Waals surface area contributed by atoms with Crippen molar-refractivity contribution in [3.05, 3.63) is 42.5 Å². The highest BCUT2D eigenvalue weighted by Crippen LogP contribution is 2.46. The standard InChI is InChI=1S/C17H20N6O/c1-17(2)13(11-14(17)24-12-7-5-4-6-8-12)22(3)16-10-9-15-18-20-21-23(15)19-16/h4-10,13-14H,11H2,1-3H3/t13-,14+/m0/s1. The second-order valence-corrected chi connectivity index (χ2v) is 6.82. The third kappa shape index (κ3) is 2.36. The first-order valence-electron chi connectivity index (χ1n) is 8.05. The number of tetrazole rings is 1. The van der Waals surface area contributed by atoms with Gasteiger partial charge >= 0.3 is 0 Å². The van der Waals surface area contributed by atoms with Crippen LogP contribution in [0.4, 0.5) is 5.82 Å². The predicted octanol–water partition coefficient (Wildman–Crippen LogP) is 2.20. The minimum Gasteiger partial charge on any atom is -0.490 e. The summed E-state index contributed by atoms with van der Waals surface area (Å²) in [7, 11) is 2.06. The van der Waals surface area contributed by atoms with Gasteiger partial charge in [-0.2, -0.15) is 0 Å². The third-order valence-electron chi connectivity index (χ3n) is 5.03. The molecule has 7 heteroatoms. The molecule has 24 heavy (non-hydrogen) atoms. The van der Waals surface area contributed by atoms with Crippen LogP contribution >= 0.6 is 0 Å². The molecule has 1 saturated carbocycles. The molecule has 0 N–H and O–H groups in total. The summed E-state index contributed by atoms with van der Waals surface area (Å²) in [5.74, 6) is 1.77. The van der Waals surface area contributed by atoms with Crippen LogP contribution in [0.25, 0.3) is 5.65 Å². The Morgan fingerprint density at radius 3 is 2.71 bits per heavy atom. The summed E-state index contributed by atoms with van der Waals surface area (Å²) in [5.41, 5.74) is 0.660. The van der Waals surface area contributed by atoms with E-state index in [1.807, 2.05) is 42.5 Å². The average Bonchev–Trinajstić information content (AvgIpc) is 3.06. The maximum atomic E-state index is 6.16. The Hall–Kier alpha value is -2.70. The molecule has 2 aromatic heterocycles. The number of ether oxygens (including phenoxy) is 1. The van der Waals surface area contributed by atoms with Crippen molar-refractivity contribution in [1.29, 1.82) is 0 Å². The number of anilines is 1. The zero-order chi connectivity index (χ0) is 16.7. The van der Waals surface area contributed by atoms with Gasteiger partial charge in [-0.3, -0.25) is 0 Å². The Balaban J connectivity index is 1.50. The molecule has 1 fully saturated rings. The SMILES string of the molecule is CN(c1ccc2nnnn2n1)[C@H]1C[C@@H](Oc2ccccc2)C1(C)C. The molecular formula is C17H20N6O. The highest BCUT2D eigenvalue weighted by Gasteiger charge is 2.52. The van der Waals surface area contributed by atoms with Crippen LogP contribution in [0, 0.1) is 5.41 Å². The summed E-state index contributed by atoms with van der Waals surface area (Å²) in [6.07, 6.45) is 1.14. The van der Waals surface area contributed by atoms with Crippen LogP contribution in [0.2, 0.25) is 0 Å². The zero-order valence-corrected chi connectivity index (χ0v) is 14.0. The number of hydrogen-bond acceptors (Lipinski definition) is 6. The van der Waals surface area contributed by atoms with Crippen molar-refractivity contribution < 1.29 is 4.74 Å². The summed E-state index contributed by atoms with van der Waals surface area (Å²) in [5, 5.41) is 15.9. The first-order chi connectivity index (χ1) is 11.6. The maximum Gasteiger partial charge on any atom is 0.200 e. The Kier molecular flexibility index (Phi) is 3.37. The first-order valence-corrected chi connectivity index (χ1v) is 8.05. The van der Waals surface area contributed by atoms with E-state index in [9.17, 15) is 0 Å². The van der Waals surface area contributed by atoms with E-state index in [-0.39, 0.29) is 11.5 Å². The van der Waals surface area contributed by atoms with Gasteiger partial charge < -0.3 is 9.64 Å². The molecule has 0 amide bonds. The molecule has 7 nitrogen and oxygen atoms in total. The van der Waals surface area contributed by atoms with E-state index in [0.29, 0.717) is 11.7 Å². The Morgan fingerprint density at radius 1 is 1.17 bits per heavy atom. The fourth-order valence-corrected chi connectivity index (χ4v) is 3.37. The van der Waals surface area contributed by atoms with Gasteiger partial charge in [0.05, 0.1) is 0 Å². The molecule has 1 aromatic carbocycles. The van der Waals surface area contributed by atoms with Gasteiger partial charge in [-0.15, -0.1) is 14.8 Å². The molecule has 2 heterocycles. The van der Waals surface area contributed by atoms with Gasteiger partial charge in [0, 0.05) is 24.9 Å². The number of aromatic nitrogens is 5. The largest absolute Gasteiger partial charge is 0.490 e. The van der Waals surface area contributed by atoms with Crippen LogP contribution < -0.4 is 9.64 Å². The second kappa shape index (κ2) is 5.43. The maximum absolute atomic E-state index is 6.16. The van der Waals surface area contributed by atoms with Gasteiger partial charge in [-0.05, 0) is 34.7 Å². The monoisotopic (exact) mass is 324 g/mol. The molecule has 1 aliphatic rings. The van der Waals surface area contributed by atoms with E-state index >= 15 is 0 Å². The molecule has 3 aromatic rings. The van der Waals surface area contributed by atoms with Crippen molar-refractivity contribution in [2.24, 2.45) is 5.41 Å². The minimum atomic E-state index is 0.0157. The summed E-state index contributed by atoms with van der Waals surface area (Å²) in [6, 6.07) is 14.2. The molecule has 0 radical (unpaired) electrons. The first kappa shape index (κ1) is 14.9. The van der Waals surface area contributed by atoms with Gasteiger partial charge in [0.2, 0.25) is 0 Å². The van der Waals surface area contributed by atoms with Crippen molar-refractivity contribution in [1.82, 2.24) is 25.3 Å². The lowest BCUT2D eigenvalue weighted by Crippen LogP contribution is -2.62. The molecule has 0 saturated heterocycles. The number of fused-ring (bicyclic) bond motifs is 1. The lowest BCUT2D eigenvalue weighted by atomic mass is 9.64. The summed E-state index contributed by atoms with van der Waals surface area (Å²) < 4.78 is 7.61. The second-order valence-electron chi connectivity index (χ2n) is 6.82. The smallest absolute Gasteiger partial charge is 0.200 e. The van der Waals surface area contributed by atoms with Crippen molar-refractivity contribution in [2.45, 2.75) is 32.4 Å². The highest BCUT2D eigenvalue weighted by atomic mass is 16.5. The Labute approximate surface area is 140 Å². The van der Waals surface area contributed by atoms with Crippen LogP contribution in [0.15, 0.2) is 42.5 Å². The number of hydrogen-bond donors (Lipinski definition) is 0. The highest BCUT2D eigenvalue weighted by molar-refractivity contribution is 5.45. The van der Waals surface area contributed by atoms with E-state index in [1.165, 1.54) is 4.63 Å². The van der Waals surface area contributed by atoms with E-state index in [2.05, 4.69) is 46.4 Å². The number of benzene rings is 1. The predicted molar refractivity (Wildman–Crippen MR) is 90.0 cm³/mol. The van der Waals surface area contributed by atoms with E-state index in [4.69, 9.17) is 4.74 Å². The van der Waals surface area contributed by atoms with Crippen molar-refractivity contribution >= 4 is 11.5 Å². The molecule has 0 bridgehead atoms. The minimum absolute atomic E-state index is 0.0157. The number of para-hydroxylation sites is 1. The number of rotatable bonds is 4. The van der Waals surface area contributed by atoms with Crippen molar-refractivity contribution in [3.8, 4) is 5.75 Å². The molecule has 2 atom stereocenters. The van der Waals surface area contributed by atoms with Gasteiger partial charge in [-0.25, -0.2) is 0 Å². The van der Waals surface area contributed by atoms with E-state index < -0.39 is 0 Å². The molecule has 4 rings (SSSR count). The van der Waals surface area contributed by atoms with E-state index in [0.717, 1.165) is 18.0 Å². The van der Waals surface area contributed by atoms with E-state index in [1.54, 1.807) is 0 Å². The molecular weight excluding hydrogens is 304 g/mol. The molecule has 0 unspecified atom stereocenters. The van der Waals surface area contributed by atoms with Crippen molar-refractivity contribution in [2.75, 3.05) is 11.9 Å². The fraction of sp³-hybridized carbons (Fsp3) is 0.412. The third-order valence-corrected chi connectivity index (χ3v) is 5.03. The van der Waals surface area contributed by atoms with Gasteiger partial charge in [0.25, 0.3) is 0 Å². The molecule has 0 spiro atoms. The molecule has 1 aliphatic carbocycles. The van der Waals surface area contributed by atoms with Crippen LogP contribution in [0.5, 0.6) is 5.75 Å². The quantitative estimate of drug-likeness (QED) is 0.733. The van der Waals surface area contributed by atoms with Crippen molar-refractivity contribution in [3.63, 3.8) is 0 Å². The fourth-order valence-electron chi connectivity index (χ4n) is 3.37. The van der Waals surface area contributed by atoms with Gasteiger partial charge in [0.15, 0.2) is 11.5 Å². The van der Waals surface area contributed by atoms with Gasteiger partial charge in [-0.1, -0.05) is 32.0 Å². The summed E-state index contributed by atoms with van der Waals surface area (Å²) in [4.78, 5) is 2.19. The Bertz CT molecular complexity index is 846. The topological polar surface area (TPSA) is 68.4 Å². The molecule has 0 aliphatic heterocycles. The zero-order valence-electron chi connectivity index (χ0n) is 14.0. The molecule has 124 valence electrons. The summed E-state index contributed by atoms with van der Waals surface area (Å²) in [6.45, 7) is 4.47. The Morgan fingerprint density at radius 2 is 1.96 bits per heavy atom. The van der Waals surface area contributed by atoms with Crippen LogP contribution in [-0.2, 0) is 0 Å².